The van der Waals surface area contributed by atoms with Crippen LogP contribution in [0.3, 0.4) is 0 Å². The van der Waals surface area contributed by atoms with Crippen LogP contribution < -0.4 is 0 Å². The lowest BCUT2D eigenvalue weighted by molar-refractivity contribution is 0.414. The Labute approximate surface area is 54.3 Å². The number of hydrogen-bond donors (Lipinski definition) is 0. The lowest BCUT2D eigenvalue weighted by Gasteiger charge is -1.93. The number of hydrogen-bond acceptors (Lipinski definition) is 1. The summed E-state index contributed by atoms with van der Waals surface area (Å²) in [6.45, 7) is 3.66. The molecule has 0 aromatic heterocycles. The van der Waals surface area contributed by atoms with Crippen molar-refractivity contribution in [2.24, 2.45) is 0 Å². The molecule has 1 nitrogen and oxygen atoms in total. The maximum absolute atomic E-state index is 5.20. The van der Waals surface area contributed by atoms with Gasteiger partial charge in [0.05, 0.1) is 0 Å². The first kappa shape index (κ1) is 5.00. The van der Waals surface area contributed by atoms with Crippen molar-refractivity contribution in [1.82, 2.24) is 0 Å². The number of fused-ring (bicyclic) bond motifs is 1. The smallest absolute Gasteiger partial charge is 0.107 e. The summed E-state index contributed by atoms with van der Waals surface area (Å²) in [6, 6.07) is 0. The zero-order chi connectivity index (χ0) is 6.27. The van der Waals surface area contributed by atoms with E-state index >= 15 is 0 Å². The average molecular weight is 120 g/mol. The summed E-state index contributed by atoms with van der Waals surface area (Å²) in [6.07, 6.45) is 8.80. The molecule has 1 heteroatoms. The Kier molecular flexibility index (Phi) is 0.878. The quantitative estimate of drug-likeness (QED) is 0.477. The highest BCUT2D eigenvalue weighted by atomic mass is 16.6. The minimum atomic E-state index is 0.364. The third-order valence-corrected chi connectivity index (χ3v) is 1.63. The first-order chi connectivity index (χ1) is 4.40. The van der Waals surface area contributed by atoms with E-state index in [2.05, 4.69) is 18.7 Å². The molecular weight excluding hydrogens is 112 g/mol. The average Bonchev–Trinajstić information content (AvgIpc) is 2.64. The Balaban J connectivity index is 2.25. The minimum absolute atomic E-state index is 0.364. The van der Waals surface area contributed by atoms with Crippen LogP contribution in [0.2, 0.25) is 0 Å². The van der Waals surface area contributed by atoms with E-state index in [0.29, 0.717) is 12.2 Å². The minimum Gasteiger partial charge on any atom is -0.361 e. The van der Waals surface area contributed by atoms with E-state index in [0.717, 1.165) is 0 Å². The number of rotatable bonds is 1. The second kappa shape index (κ2) is 1.58. The molecule has 0 amide bonds. The third kappa shape index (κ3) is 0.736. The van der Waals surface area contributed by atoms with Crippen molar-refractivity contribution in [2.45, 2.75) is 12.2 Å². The number of allylic oxidation sites excluding steroid dienone is 3. The topological polar surface area (TPSA) is 12.5 Å². The summed E-state index contributed by atoms with van der Waals surface area (Å²) in [4.78, 5) is 0. The van der Waals surface area contributed by atoms with Crippen LogP contribution in [0.15, 0.2) is 36.5 Å². The van der Waals surface area contributed by atoms with Crippen molar-refractivity contribution in [2.75, 3.05) is 0 Å². The summed E-state index contributed by atoms with van der Waals surface area (Å²) in [7, 11) is 0. The van der Waals surface area contributed by atoms with Gasteiger partial charge >= 0.3 is 0 Å². The summed E-state index contributed by atoms with van der Waals surface area (Å²) >= 11 is 0. The Morgan fingerprint density at radius 1 is 1.56 bits per heavy atom. The lowest BCUT2D eigenvalue weighted by Crippen LogP contribution is -1.91. The molecule has 2 unspecified atom stereocenters. The van der Waals surface area contributed by atoms with Gasteiger partial charge in [-0.05, 0) is 11.6 Å². The van der Waals surface area contributed by atoms with Gasteiger partial charge in [0, 0.05) is 0 Å². The molecule has 0 aromatic rings. The van der Waals surface area contributed by atoms with Gasteiger partial charge in [-0.3, -0.25) is 0 Å². The van der Waals surface area contributed by atoms with Crippen molar-refractivity contribution in [3.05, 3.63) is 36.5 Å². The Bertz CT molecular complexity index is 201. The molecule has 0 aromatic carbocycles. The summed E-state index contributed by atoms with van der Waals surface area (Å²) in [5.74, 6) is 0. The van der Waals surface area contributed by atoms with Crippen molar-refractivity contribution in [3.8, 4) is 0 Å². The third-order valence-electron chi connectivity index (χ3n) is 1.63. The van der Waals surface area contributed by atoms with Crippen LogP contribution in [0.1, 0.15) is 0 Å². The molecule has 1 aliphatic heterocycles. The zero-order valence-electron chi connectivity index (χ0n) is 5.08. The highest BCUT2D eigenvalue weighted by molar-refractivity contribution is 5.37. The Hall–Kier alpha value is -0.820. The van der Waals surface area contributed by atoms with Crippen molar-refractivity contribution >= 4 is 0 Å². The van der Waals surface area contributed by atoms with Crippen LogP contribution in [0.4, 0.5) is 0 Å². The molecule has 2 rings (SSSR count). The van der Waals surface area contributed by atoms with Gasteiger partial charge in [0.2, 0.25) is 0 Å². The molecule has 1 heterocycles. The second-order valence-electron chi connectivity index (χ2n) is 2.30. The summed E-state index contributed by atoms with van der Waals surface area (Å²) in [5.41, 5.74) is 1.17. The van der Waals surface area contributed by atoms with Crippen LogP contribution in [0.5, 0.6) is 0 Å². The maximum atomic E-state index is 5.20. The largest absolute Gasteiger partial charge is 0.361 e. The molecule has 2 aliphatic rings. The highest BCUT2D eigenvalue weighted by Crippen LogP contribution is 2.29. The molecule has 46 valence electrons. The number of ether oxygens (including phenoxy) is 1. The zero-order valence-corrected chi connectivity index (χ0v) is 5.08. The van der Waals surface area contributed by atoms with Gasteiger partial charge in [0.1, 0.15) is 12.2 Å². The van der Waals surface area contributed by atoms with Gasteiger partial charge in [-0.1, -0.05) is 24.8 Å². The van der Waals surface area contributed by atoms with E-state index in [4.69, 9.17) is 4.74 Å². The van der Waals surface area contributed by atoms with Gasteiger partial charge in [0.25, 0.3) is 0 Å². The molecule has 0 saturated carbocycles. The predicted octanol–water partition coefficient (Wildman–Crippen LogP) is 1.44. The van der Waals surface area contributed by atoms with Crippen molar-refractivity contribution < 1.29 is 4.74 Å². The second-order valence-corrected chi connectivity index (χ2v) is 2.30. The highest BCUT2D eigenvalue weighted by Gasteiger charge is 2.36. The van der Waals surface area contributed by atoms with Crippen LogP contribution in [-0.4, -0.2) is 12.2 Å². The standard InChI is InChI=1S/C8H8O/c1-2-6-3-4-7-8(5-6)9-7/h2-5,7-8H,1H2. The molecule has 1 saturated heterocycles. The van der Waals surface area contributed by atoms with Gasteiger partial charge < -0.3 is 4.74 Å². The Morgan fingerprint density at radius 3 is 3.11 bits per heavy atom. The fraction of sp³-hybridized carbons (Fsp3) is 0.250. The fourth-order valence-corrected chi connectivity index (χ4v) is 1.01. The van der Waals surface area contributed by atoms with Crippen molar-refractivity contribution in [1.29, 1.82) is 0 Å². The van der Waals surface area contributed by atoms with E-state index in [-0.39, 0.29) is 0 Å². The van der Waals surface area contributed by atoms with E-state index in [1.165, 1.54) is 5.57 Å². The fourth-order valence-electron chi connectivity index (χ4n) is 1.01. The SMILES string of the molecule is C=CC1=CC2OC2C=C1. The van der Waals surface area contributed by atoms with Crippen LogP contribution in [0, 0.1) is 0 Å². The molecule has 1 fully saturated rings. The lowest BCUT2D eigenvalue weighted by atomic mass is 10.1. The van der Waals surface area contributed by atoms with E-state index in [1.54, 1.807) is 0 Å². The van der Waals surface area contributed by atoms with Crippen LogP contribution >= 0.6 is 0 Å². The van der Waals surface area contributed by atoms with Gasteiger partial charge in [-0.2, -0.15) is 0 Å². The van der Waals surface area contributed by atoms with Crippen molar-refractivity contribution in [3.63, 3.8) is 0 Å². The normalized spacial score (nSPS) is 37.1. The van der Waals surface area contributed by atoms with Crippen LogP contribution in [-0.2, 0) is 4.74 Å². The number of epoxide rings is 1. The van der Waals surface area contributed by atoms with Gasteiger partial charge in [-0.25, -0.2) is 0 Å². The van der Waals surface area contributed by atoms with Gasteiger partial charge in [-0.15, -0.1) is 0 Å². The molecule has 1 aliphatic carbocycles. The molecule has 0 N–H and O–H groups in total. The molecule has 0 spiro atoms. The first-order valence-corrected chi connectivity index (χ1v) is 3.08. The predicted molar refractivity (Wildman–Crippen MR) is 36.1 cm³/mol. The van der Waals surface area contributed by atoms with E-state index in [1.807, 2.05) is 12.2 Å². The maximum Gasteiger partial charge on any atom is 0.107 e. The monoisotopic (exact) mass is 120 g/mol. The molecular formula is C8H8O. The van der Waals surface area contributed by atoms with E-state index < -0.39 is 0 Å². The summed E-state index contributed by atoms with van der Waals surface area (Å²) < 4.78 is 5.20. The first-order valence-electron chi connectivity index (χ1n) is 3.08. The molecule has 9 heavy (non-hydrogen) atoms. The van der Waals surface area contributed by atoms with Crippen LogP contribution in [0.25, 0.3) is 0 Å². The van der Waals surface area contributed by atoms with E-state index in [9.17, 15) is 0 Å². The Morgan fingerprint density at radius 2 is 2.44 bits per heavy atom. The van der Waals surface area contributed by atoms with Gasteiger partial charge in [0.15, 0.2) is 0 Å². The summed E-state index contributed by atoms with van der Waals surface area (Å²) in [5, 5.41) is 0. The molecule has 0 radical (unpaired) electrons. The molecule has 0 bridgehead atoms. The molecule has 2 atom stereocenters.